The quantitative estimate of drug-likeness (QED) is 0.737. The Morgan fingerprint density at radius 1 is 1.07 bits per heavy atom. The molecule has 0 aliphatic carbocycles. The van der Waals surface area contributed by atoms with Gasteiger partial charge < -0.3 is 0 Å². The molecule has 15 heavy (non-hydrogen) atoms. The van der Waals surface area contributed by atoms with Gasteiger partial charge in [-0.1, -0.05) is 37.3 Å². The lowest BCUT2D eigenvalue weighted by molar-refractivity contribution is -0.123. The molecule has 0 saturated carbocycles. The van der Waals surface area contributed by atoms with Crippen LogP contribution in [0.3, 0.4) is 0 Å². The highest BCUT2D eigenvalue weighted by molar-refractivity contribution is 6.35. The van der Waals surface area contributed by atoms with E-state index in [9.17, 15) is 9.59 Å². The van der Waals surface area contributed by atoms with Crippen molar-refractivity contribution in [1.29, 1.82) is 0 Å². The van der Waals surface area contributed by atoms with Crippen LogP contribution in [0.2, 0.25) is 0 Å². The Morgan fingerprint density at radius 3 is 2.33 bits per heavy atom. The zero-order valence-corrected chi connectivity index (χ0v) is 8.41. The van der Waals surface area contributed by atoms with Crippen LogP contribution in [-0.4, -0.2) is 11.8 Å². The zero-order valence-electron chi connectivity index (χ0n) is 8.41. The minimum absolute atomic E-state index is 0.263. The highest BCUT2D eigenvalue weighted by Crippen LogP contribution is 2.25. The molecule has 3 heteroatoms. The van der Waals surface area contributed by atoms with Gasteiger partial charge in [0, 0.05) is 5.57 Å². The minimum atomic E-state index is -0.289. The van der Waals surface area contributed by atoms with Crippen LogP contribution >= 0.6 is 0 Å². The van der Waals surface area contributed by atoms with Crippen molar-refractivity contribution in [3.8, 4) is 0 Å². The minimum Gasteiger partial charge on any atom is -0.288 e. The summed E-state index contributed by atoms with van der Waals surface area (Å²) in [6.07, 6.45) is 0.571. The summed E-state index contributed by atoms with van der Waals surface area (Å²) in [5, 5.41) is 2.31. The van der Waals surface area contributed by atoms with E-state index in [1.165, 1.54) is 0 Å². The van der Waals surface area contributed by atoms with Gasteiger partial charge in [-0.25, -0.2) is 0 Å². The highest BCUT2D eigenvalue weighted by atomic mass is 16.2. The van der Waals surface area contributed by atoms with Crippen LogP contribution in [0, 0.1) is 0 Å². The van der Waals surface area contributed by atoms with E-state index in [0.29, 0.717) is 17.6 Å². The Hall–Kier alpha value is -1.90. The molecule has 2 rings (SSSR count). The summed E-state index contributed by atoms with van der Waals surface area (Å²) in [6, 6.07) is 9.26. The summed E-state index contributed by atoms with van der Waals surface area (Å²) < 4.78 is 0. The molecule has 0 fully saturated rings. The van der Waals surface area contributed by atoms with Gasteiger partial charge in [0.15, 0.2) is 0 Å². The second-order valence-electron chi connectivity index (χ2n) is 3.36. The van der Waals surface area contributed by atoms with Gasteiger partial charge in [-0.2, -0.15) is 0 Å². The molecule has 0 spiro atoms. The standard InChI is InChI=1S/C12H11NO2/c1-2-9-10(12(15)13-11(9)14)8-6-4-3-5-7-8/h3-7H,2H2,1H3,(H,13,14,15). The number of nitrogens with one attached hydrogen (secondary N) is 1. The van der Waals surface area contributed by atoms with Gasteiger partial charge in [0.25, 0.3) is 11.8 Å². The van der Waals surface area contributed by atoms with Crippen LogP contribution in [0.1, 0.15) is 18.9 Å². The molecule has 0 radical (unpaired) electrons. The van der Waals surface area contributed by atoms with E-state index in [2.05, 4.69) is 5.32 Å². The number of benzene rings is 1. The zero-order chi connectivity index (χ0) is 10.8. The Balaban J connectivity index is 2.55. The average molecular weight is 201 g/mol. The lowest BCUT2D eigenvalue weighted by Gasteiger charge is -2.00. The van der Waals surface area contributed by atoms with E-state index in [-0.39, 0.29) is 11.8 Å². The molecule has 0 unspecified atom stereocenters. The molecule has 0 saturated heterocycles. The van der Waals surface area contributed by atoms with Crippen LogP contribution in [-0.2, 0) is 9.59 Å². The van der Waals surface area contributed by atoms with E-state index in [1.54, 1.807) is 0 Å². The topological polar surface area (TPSA) is 46.2 Å². The number of imide groups is 1. The van der Waals surface area contributed by atoms with Crippen molar-refractivity contribution in [2.75, 3.05) is 0 Å². The Labute approximate surface area is 87.8 Å². The van der Waals surface area contributed by atoms with E-state index in [4.69, 9.17) is 0 Å². The van der Waals surface area contributed by atoms with E-state index in [1.807, 2.05) is 37.3 Å². The summed E-state index contributed by atoms with van der Waals surface area (Å²) in [7, 11) is 0. The number of rotatable bonds is 2. The Kier molecular flexibility index (Phi) is 2.37. The Morgan fingerprint density at radius 2 is 1.73 bits per heavy atom. The van der Waals surface area contributed by atoms with Crippen LogP contribution in [0.5, 0.6) is 0 Å². The lowest BCUT2D eigenvalue weighted by Crippen LogP contribution is -2.22. The Bertz CT molecular complexity index is 446. The molecule has 2 amide bonds. The fraction of sp³-hybridized carbons (Fsp3) is 0.167. The van der Waals surface area contributed by atoms with E-state index in [0.717, 1.165) is 5.56 Å². The number of carbonyl (C=O) groups is 2. The molecule has 76 valence electrons. The molecule has 1 heterocycles. The molecule has 1 N–H and O–H groups in total. The van der Waals surface area contributed by atoms with Gasteiger partial charge in [-0.05, 0) is 12.0 Å². The van der Waals surface area contributed by atoms with Gasteiger partial charge in [-0.3, -0.25) is 14.9 Å². The van der Waals surface area contributed by atoms with Gasteiger partial charge >= 0.3 is 0 Å². The molecule has 0 atom stereocenters. The third-order valence-corrected chi connectivity index (χ3v) is 2.45. The van der Waals surface area contributed by atoms with Crippen molar-refractivity contribution in [2.24, 2.45) is 0 Å². The van der Waals surface area contributed by atoms with Crippen molar-refractivity contribution in [1.82, 2.24) is 5.32 Å². The first kappa shape index (κ1) is 9.65. The second kappa shape index (κ2) is 3.69. The summed E-state index contributed by atoms with van der Waals surface area (Å²) in [4.78, 5) is 23.0. The van der Waals surface area contributed by atoms with Crippen LogP contribution in [0.15, 0.2) is 35.9 Å². The number of hydrogen-bond acceptors (Lipinski definition) is 2. The number of hydrogen-bond donors (Lipinski definition) is 1. The van der Waals surface area contributed by atoms with E-state index < -0.39 is 0 Å². The first-order valence-corrected chi connectivity index (χ1v) is 4.88. The number of carbonyl (C=O) groups excluding carboxylic acids is 2. The van der Waals surface area contributed by atoms with Crippen molar-refractivity contribution >= 4 is 17.4 Å². The largest absolute Gasteiger partial charge is 0.288 e. The highest BCUT2D eigenvalue weighted by Gasteiger charge is 2.29. The van der Waals surface area contributed by atoms with Crippen LogP contribution in [0.4, 0.5) is 0 Å². The summed E-state index contributed by atoms with van der Waals surface area (Å²) >= 11 is 0. The fourth-order valence-electron chi connectivity index (χ4n) is 1.74. The van der Waals surface area contributed by atoms with Gasteiger partial charge in [0.1, 0.15) is 0 Å². The molecular formula is C12H11NO2. The maximum absolute atomic E-state index is 11.6. The summed E-state index contributed by atoms with van der Waals surface area (Å²) in [5.74, 6) is -0.551. The smallest absolute Gasteiger partial charge is 0.259 e. The van der Waals surface area contributed by atoms with Gasteiger partial charge in [-0.15, -0.1) is 0 Å². The molecule has 1 aromatic carbocycles. The third-order valence-electron chi connectivity index (χ3n) is 2.45. The van der Waals surface area contributed by atoms with Gasteiger partial charge in [0.2, 0.25) is 0 Å². The normalized spacial score (nSPS) is 15.8. The molecular weight excluding hydrogens is 190 g/mol. The predicted octanol–water partition coefficient (Wildman–Crippen LogP) is 1.51. The van der Waals surface area contributed by atoms with Crippen molar-refractivity contribution in [2.45, 2.75) is 13.3 Å². The van der Waals surface area contributed by atoms with E-state index >= 15 is 0 Å². The van der Waals surface area contributed by atoms with Crippen LogP contribution in [0.25, 0.3) is 5.57 Å². The van der Waals surface area contributed by atoms with Crippen molar-refractivity contribution in [3.05, 3.63) is 41.5 Å². The number of amides is 2. The maximum atomic E-state index is 11.6. The summed E-state index contributed by atoms with van der Waals surface area (Å²) in [5.41, 5.74) is 1.90. The molecule has 1 aliphatic heterocycles. The van der Waals surface area contributed by atoms with Crippen molar-refractivity contribution < 1.29 is 9.59 Å². The molecule has 3 nitrogen and oxygen atoms in total. The lowest BCUT2D eigenvalue weighted by atomic mass is 10.0. The molecule has 1 aromatic rings. The van der Waals surface area contributed by atoms with Crippen LogP contribution < -0.4 is 5.32 Å². The molecule has 1 aliphatic rings. The van der Waals surface area contributed by atoms with Crippen molar-refractivity contribution in [3.63, 3.8) is 0 Å². The maximum Gasteiger partial charge on any atom is 0.259 e. The molecule has 0 bridgehead atoms. The first-order chi connectivity index (χ1) is 7.24. The average Bonchev–Trinajstić information content (AvgIpc) is 2.54. The third kappa shape index (κ3) is 1.56. The monoisotopic (exact) mass is 201 g/mol. The predicted molar refractivity (Wildman–Crippen MR) is 56.8 cm³/mol. The second-order valence-corrected chi connectivity index (χ2v) is 3.36. The fourth-order valence-corrected chi connectivity index (χ4v) is 1.74. The van der Waals surface area contributed by atoms with Gasteiger partial charge in [0.05, 0.1) is 5.57 Å². The summed E-state index contributed by atoms with van der Waals surface area (Å²) in [6.45, 7) is 1.87. The first-order valence-electron chi connectivity index (χ1n) is 4.88. The molecule has 0 aromatic heterocycles. The SMILES string of the molecule is CCC1=C(c2ccccc2)C(=O)NC1=O.